The van der Waals surface area contributed by atoms with Crippen molar-refractivity contribution in [1.82, 2.24) is 0 Å². The molecular weight excluding hydrogens is 281 g/mol. The minimum atomic E-state index is -4.40. The first kappa shape index (κ1) is 15.1. The fraction of sp³-hybridized carbons (Fsp3) is 0.188. The molecule has 0 aliphatic rings. The molecular formula is C16H13F3O2. The number of carboxylic acid groups (broad SMARTS) is 1. The van der Waals surface area contributed by atoms with Crippen LogP contribution < -0.4 is 0 Å². The number of halogens is 3. The third kappa shape index (κ3) is 3.84. The number of rotatable bonds is 4. The number of hydrogen-bond donors (Lipinski definition) is 1. The molecule has 2 nitrogen and oxygen atoms in total. The Kier molecular flexibility index (Phi) is 4.31. The Balaban J connectivity index is 2.36. The molecule has 2 aromatic carbocycles. The topological polar surface area (TPSA) is 37.3 Å². The highest BCUT2D eigenvalue weighted by Gasteiger charge is 2.30. The molecule has 0 spiro atoms. The average Bonchev–Trinajstić information content (AvgIpc) is 2.45. The van der Waals surface area contributed by atoms with Crippen LogP contribution in [-0.2, 0) is 11.0 Å². The molecule has 1 N–H and O–H groups in total. The van der Waals surface area contributed by atoms with Crippen molar-refractivity contribution in [3.05, 3.63) is 71.3 Å². The molecule has 0 aliphatic carbocycles. The predicted molar refractivity (Wildman–Crippen MR) is 72.0 cm³/mol. The maximum atomic E-state index is 12.6. The Morgan fingerprint density at radius 2 is 1.48 bits per heavy atom. The molecule has 0 aromatic heterocycles. The van der Waals surface area contributed by atoms with Gasteiger partial charge in [0.2, 0.25) is 0 Å². The normalized spacial score (nSPS) is 12.9. The second kappa shape index (κ2) is 5.99. The van der Waals surface area contributed by atoms with E-state index < -0.39 is 23.6 Å². The molecule has 0 saturated heterocycles. The quantitative estimate of drug-likeness (QED) is 0.912. The second-order valence-corrected chi connectivity index (χ2v) is 4.68. The Labute approximate surface area is 119 Å². The van der Waals surface area contributed by atoms with Crippen molar-refractivity contribution in [2.45, 2.75) is 18.5 Å². The zero-order valence-corrected chi connectivity index (χ0v) is 11.0. The third-order valence-corrected chi connectivity index (χ3v) is 3.22. The standard InChI is InChI=1S/C16H13F3O2/c17-16(18,19)13-8-6-12(7-9-13)14(10-15(20)21)11-4-2-1-3-5-11/h1-9,14H,10H2,(H,20,21)/t14-/m1/s1. The lowest BCUT2D eigenvalue weighted by molar-refractivity contribution is -0.138. The monoisotopic (exact) mass is 294 g/mol. The predicted octanol–water partition coefficient (Wildman–Crippen LogP) is 4.31. The van der Waals surface area contributed by atoms with Crippen molar-refractivity contribution in [2.75, 3.05) is 0 Å². The van der Waals surface area contributed by atoms with E-state index in [-0.39, 0.29) is 6.42 Å². The van der Waals surface area contributed by atoms with E-state index >= 15 is 0 Å². The first-order chi connectivity index (χ1) is 9.88. The van der Waals surface area contributed by atoms with E-state index in [9.17, 15) is 18.0 Å². The van der Waals surface area contributed by atoms with E-state index in [2.05, 4.69) is 0 Å². The van der Waals surface area contributed by atoms with Gasteiger partial charge in [0.1, 0.15) is 0 Å². The second-order valence-electron chi connectivity index (χ2n) is 4.68. The van der Waals surface area contributed by atoms with Gasteiger partial charge >= 0.3 is 12.1 Å². The fourth-order valence-corrected chi connectivity index (χ4v) is 2.19. The Hall–Kier alpha value is -2.30. The molecule has 0 fully saturated rings. The molecule has 0 aliphatic heterocycles. The summed E-state index contributed by atoms with van der Waals surface area (Å²) in [6.07, 6.45) is -4.57. The van der Waals surface area contributed by atoms with Gasteiger partial charge in [-0.1, -0.05) is 42.5 Å². The largest absolute Gasteiger partial charge is 0.481 e. The molecule has 0 amide bonds. The summed E-state index contributed by atoms with van der Waals surface area (Å²) in [5, 5.41) is 9.01. The number of carboxylic acids is 1. The zero-order chi connectivity index (χ0) is 15.5. The van der Waals surface area contributed by atoms with E-state index in [1.165, 1.54) is 12.1 Å². The van der Waals surface area contributed by atoms with Crippen molar-refractivity contribution < 1.29 is 23.1 Å². The van der Waals surface area contributed by atoms with E-state index in [0.717, 1.165) is 17.7 Å². The fourth-order valence-electron chi connectivity index (χ4n) is 2.19. The summed E-state index contributed by atoms with van der Waals surface area (Å²) in [7, 11) is 0. The van der Waals surface area contributed by atoms with Crippen molar-refractivity contribution in [3.8, 4) is 0 Å². The Morgan fingerprint density at radius 3 is 1.95 bits per heavy atom. The Bertz CT molecular complexity index is 604. The first-order valence-electron chi connectivity index (χ1n) is 6.32. The molecule has 1 atom stereocenters. The van der Waals surface area contributed by atoms with Gasteiger partial charge in [-0.05, 0) is 23.3 Å². The van der Waals surface area contributed by atoms with Gasteiger partial charge in [0, 0.05) is 5.92 Å². The molecule has 0 bridgehead atoms. The molecule has 110 valence electrons. The lowest BCUT2D eigenvalue weighted by Gasteiger charge is -2.17. The highest BCUT2D eigenvalue weighted by atomic mass is 19.4. The summed E-state index contributed by atoms with van der Waals surface area (Å²) in [6, 6.07) is 13.5. The molecule has 0 heterocycles. The molecule has 0 unspecified atom stereocenters. The van der Waals surface area contributed by atoms with Gasteiger partial charge < -0.3 is 5.11 Å². The molecule has 2 rings (SSSR count). The van der Waals surface area contributed by atoms with Gasteiger partial charge in [0.25, 0.3) is 0 Å². The first-order valence-corrected chi connectivity index (χ1v) is 6.32. The van der Waals surface area contributed by atoms with Crippen LogP contribution in [0, 0.1) is 0 Å². The summed E-state index contributed by atoms with van der Waals surface area (Å²) < 4.78 is 37.7. The SMILES string of the molecule is O=C(O)C[C@H](c1ccccc1)c1ccc(C(F)(F)F)cc1. The van der Waals surface area contributed by atoms with Gasteiger partial charge in [-0.15, -0.1) is 0 Å². The zero-order valence-electron chi connectivity index (χ0n) is 11.0. The Morgan fingerprint density at radius 1 is 0.952 bits per heavy atom. The van der Waals surface area contributed by atoms with Crippen LogP contribution in [0.3, 0.4) is 0 Å². The minimum absolute atomic E-state index is 0.171. The third-order valence-electron chi connectivity index (χ3n) is 3.22. The maximum Gasteiger partial charge on any atom is 0.416 e. The summed E-state index contributed by atoms with van der Waals surface area (Å²) in [5.74, 6) is -1.46. The van der Waals surface area contributed by atoms with E-state index in [1.54, 1.807) is 30.3 Å². The van der Waals surface area contributed by atoms with Crippen LogP contribution in [0.1, 0.15) is 29.0 Å². The van der Waals surface area contributed by atoms with E-state index in [1.807, 2.05) is 0 Å². The van der Waals surface area contributed by atoms with Crippen molar-refractivity contribution in [2.24, 2.45) is 0 Å². The summed E-state index contributed by atoms with van der Waals surface area (Å²) in [6.45, 7) is 0. The van der Waals surface area contributed by atoms with Crippen LogP contribution in [0.15, 0.2) is 54.6 Å². The average molecular weight is 294 g/mol. The highest BCUT2D eigenvalue weighted by Crippen LogP contribution is 2.32. The minimum Gasteiger partial charge on any atom is -0.481 e. The number of carbonyl (C=O) groups is 1. The number of aliphatic carboxylic acids is 1. The molecule has 5 heteroatoms. The summed E-state index contributed by atoms with van der Waals surface area (Å²) >= 11 is 0. The van der Waals surface area contributed by atoms with Crippen LogP contribution in [0.2, 0.25) is 0 Å². The maximum absolute atomic E-state index is 12.6. The van der Waals surface area contributed by atoms with Gasteiger partial charge in [0.15, 0.2) is 0 Å². The molecule has 0 radical (unpaired) electrons. The molecule has 0 saturated carbocycles. The lowest BCUT2D eigenvalue weighted by Crippen LogP contribution is -2.09. The van der Waals surface area contributed by atoms with Crippen LogP contribution >= 0.6 is 0 Å². The van der Waals surface area contributed by atoms with E-state index in [0.29, 0.717) is 5.56 Å². The van der Waals surface area contributed by atoms with Gasteiger partial charge in [0.05, 0.1) is 12.0 Å². The lowest BCUT2D eigenvalue weighted by atomic mass is 9.88. The summed E-state index contributed by atoms with van der Waals surface area (Å²) in [5.41, 5.74) is 0.574. The summed E-state index contributed by atoms with van der Waals surface area (Å²) in [4.78, 5) is 11.0. The van der Waals surface area contributed by atoms with Crippen LogP contribution in [0.4, 0.5) is 13.2 Å². The smallest absolute Gasteiger partial charge is 0.416 e. The van der Waals surface area contributed by atoms with Gasteiger partial charge in [-0.25, -0.2) is 0 Å². The van der Waals surface area contributed by atoms with Gasteiger partial charge in [-0.3, -0.25) is 4.79 Å². The number of benzene rings is 2. The van der Waals surface area contributed by atoms with Crippen LogP contribution in [0.5, 0.6) is 0 Å². The van der Waals surface area contributed by atoms with Crippen molar-refractivity contribution >= 4 is 5.97 Å². The van der Waals surface area contributed by atoms with E-state index in [4.69, 9.17) is 5.11 Å². The van der Waals surface area contributed by atoms with Crippen molar-refractivity contribution in [1.29, 1.82) is 0 Å². The molecule has 2 aromatic rings. The van der Waals surface area contributed by atoms with Crippen LogP contribution in [-0.4, -0.2) is 11.1 Å². The molecule has 21 heavy (non-hydrogen) atoms. The van der Waals surface area contributed by atoms with Crippen LogP contribution in [0.25, 0.3) is 0 Å². The van der Waals surface area contributed by atoms with Crippen molar-refractivity contribution in [3.63, 3.8) is 0 Å². The van der Waals surface area contributed by atoms with Gasteiger partial charge in [-0.2, -0.15) is 13.2 Å². The highest BCUT2D eigenvalue weighted by molar-refractivity contribution is 5.69. The number of alkyl halides is 3. The number of hydrogen-bond acceptors (Lipinski definition) is 1.